The van der Waals surface area contributed by atoms with Crippen molar-refractivity contribution in [3.05, 3.63) is 29.3 Å². The van der Waals surface area contributed by atoms with Crippen LogP contribution >= 0.6 is 0 Å². The molecule has 1 aromatic carbocycles. The zero-order valence-electron chi connectivity index (χ0n) is 7.97. The molecule has 0 aliphatic heterocycles. The molecule has 0 fully saturated rings. The van der Waals surface area contributed by atoms with Gasteiger partial charge >= 0.3 is 0 Å². The molecule has 0 radical (unpaired) electrons. The number of carbonyl (C=O) groups is 1. The number of phenols is 1. The maximum Gasteiger partial charge on any atom is 0.207 e. The number of terminal acetylenes is 1. The van der Waals surface area contributed by atoms with Crippen molar-refractivity contribution in [1.29, 1.82) is 0 Å². The first-order valence-corrected chi connectivity index (χ1v) is 4.33. The number of hydrogen-bond donors (Lipinski definition) is 3. The molecule has 0 bridgehead atoms. The van der Waals surface area contributed by atoms with Crippen molar-refractivity contribution >= 4 is 6.41 Å². The van der Waals surface area contributed by atoms with E-state index in [1.807, 2.05) is 0 Å². The van der Waals surface area contributed by atoms with Crippen molar-refractivity contribution in [2.45, 2.75) is 6.04 Å². The van der Waals surface area contributed by atoms with E-state index in [2.05, 4.69) is 11.2 Å². The highest BCUT2D eigenvalue weighted by atomic mass is 16.3. The van der Waals surface area contributed by atoms with Crippen LogP contribution in [-0.4, -0.2) is 23.2 Å². The number of carbonyl (C=O) groups excluding carboxylic acids is 1. The van der Waals surface area contributed by atoms with E-state index in [0.717, 1.165) is 0 Å². The molecule has 0 saturated heterocycles. The van der Waals surface area contributed by atoms with Gasteiger partial charge in [0.05, 0.1) is 12.6 Å². The van der Waals surface area contributed by atoms with Crippen LogP contribution in [0.25, 0.3) is 0 Å². The van der Waals surface area contributed by atoms with Gasteiger partial charge in [-0.3, -0.25) is 4.79 Å². The van der Waals surface area contributed by atoms with E-state index in [1.165, 1.54) is 6.07 Å². The van der Waals surface area contributed by atoms with Gasteiger partial charge in [-0.15, -0.1) is 6.42 Å². The van der Waals surface area contributed by atoms with Gasteiger partial charge in [0.15, 0.2) is 0 Å². The SMILES string of the molecule is C#Cc1ccc(C(CO)NC=O)c(O)c1. The van der Waals surface area contributed by atoms with Crippen molar-refractivity contribution in [2.75, 3.05) is 6.61 Å². The lowest BCUT2D eigenvalue weighted by atomic mass is 10.0. The Morgan fingerprint density at radius 3 is 2.80 bits per heavy atom. The van der Waals surface area contributed by atoms with Gasteiger partial charge in [-0.05, 0) is 12.1 Å². The highest BCUT2D eigenvalue weighted by Crippen LogP contribution is 2.24. The Labute approximate surface area is 87.6 Å². The van der Waals surface area contributed by atoms with Crippen LogP contribution < -0.4 is 5.32 Å². The van der Waals surface area contributed by atoms with E-state index in [4.69, 9.17) is 11.5 Å². The third-order valence-corrected chi connectivity index (χ3v) is 2.02. The van der Waals surface area contributed by atoms with Crippen LogP contribution in [0, 0.1) is 12.3 Å². The number of aliphatic hydroxyl groups is 1. The zero-order valence-corrected chi connectivity index (χ0v) is 7.97. The molecule has 0 aliphatic rings. The Hall–Kier alpha value is -1.99. The lowest BCUT2D eigenvalue weighted by molar-refractivity contribution is -0.110. The summed E-state index contributed by atoms with van der Waals surface area (Å²) in [7, 11) is 0. The highest BCUT2D eigenvalue weighted by molar-refractivity contribution is 5.50. The predicted molar refractivity (Wildman–Crippen MR) is 55.1 cm³/mol. The van der Waals surface area contributed by atoms with E-state index >= 15 is 0 Å². The monoisotopic (exact) mass is 205 g/mol. The van der Waals surface area contributed by atoms with Gasteiger partial charge in [0.1, 0.15) is 5.75 Å². The van der Waals surface area contributed by atoms with Crippen molar-refractivity contribution in [2.24, 2.45) is 0 Å². The summed E-state index contributed by atoms with van der Waals surface area (Å²) >= 11 is 0. The third-order valence-electron chi connectivity index (χ3n) is 2.02. The second-order valence-electron chi connectivity index (χ2n) is 2.94. The van der Waals surface area contributed by atoms with Crippen LogP contribution in [0.5, 0.6) is 5.75 Å². The standard InChI is InChI=1S/C11H11NO3/c1-2-8-3-4-9(11(15)5-8)10(6-13)12-7-14/h1,3-5,7,10,13,15H,6H2,(H,12,14). The normalized spacial score (nSPS) is 11.5. The average molecular weight is 205 g/mol. The zero-order chi connectivity index (χ0) is 11.3. The lowest BCUT2D eigenvalue weighted by Crippen LogP contribution is -2.22. The van der Waals surface area contributed by atoms with E-state index in [0.29, 0.717) is 17.5 Å². The molecule has 1 unspecified atom stereocenters. The van der Waals surface area contributed by atoms with Gasteiger partial charge in [-0.2, -0.15) is 0 Å². The Balaban J connectivity index is 3.03. The van der Waals surface area contributed by atoms with E-state index in [9.17, 15) is 9.90 Å². The molecule has 0 saturated carbocycles. The first-order valence-electron chi connectivity index (χ1n) is 4.33. The largest absolute Gasteiger partial charge is 0.508 e. The van der Waals surface area contributed by atoms with Crippen molar-refractivity contribution in [3.63, 3.8) is 0 Å². The molecule has 1 aromatic rings. The molecule has 15 heavy (non-hydrogen) atoms. The van der Waals surface area contributed by atoms with E-state index in [1.54, 1.807) is 12.1 Å². The maximum atomic E-state index is 10.2. The fraction of sp³-hybridized carbons (Fsp3) is 0.182. The second kappa shape index (κ2) is 5.03. The maximum absolute atomic E-state index is 10.2. The Kier molecular flexibility index (Phi) is 3.72. The predicted octanol–water partition coefficient (Wildman–Crippen LogP) is 0.153. The molecule has 4 nitrogen and oxygen atoms in total. The van der Waals surface area contributed by atoms with Gasteiger partial charge in [-0.1, -0.05) is 12.0 Å². The van der Waals surface area contributed by atoms with Crippen LogP contribution in [0.4, 0.5) is 0 Å². The van der Waals surface area contributed by atoms with Gasteiger partial charge in [0.25, 0.3) is 0 Å². The molecule has 0 spiro atoms. The Bertz CT molecular complexity index is 395. The van der Waals surface area contributed by atoms with Crippen LogP contribution in [0.2, 0.25) is 0 Å². The van der Waals surface area contributed by atoms with Crippen LogP contribution in [0.15, 0.2) is 18.2 Å². The number of phenolic OH excluding ortho intramolecular Hbond substituents is 1. The lowest BCUT2D eigenvalue weighted by Gasteiger charge is -2.14. The molecule has 4 heteroatoms. The van der Waals surface area contributed by atoms with Crippen LogP contribution in [0.3, 0.4) is 0 Å². The number of benzene rings is 1. The van der Waals surface area contributed by atoms with Crippen LogP contribution in [0.1, 0.15) is 17.2 Å². The Morgan fingerprint density at radius 1 is 1.60 bits per heavy atom. The molecule has 1 amide bonds. The van der Waals surface area contributed by atoms with Crippen LogP contribution in [-0.2, 0) is 4.79 Å². The van der Waals surface area contributed by atoms with Gasteiger partial charge < -0.3 is 15.5 Å². The molecule has 1 rings (SSSR count). The topological polar surface area (TPSA) is 69.6 Å². The number of rotatable bonds is 4. The van der Waals surface area contributed by atoms with Gasteiger partial charge in [0.2, 0.25) is 6.41 Å². The number of hydrogen-bond acceptors (Lipinski definition) is 3. The summed E-state index contributed by atoms with van der Waals surface area (Å²) in [6.07, 6.45) is 5.62. The van der Waals surface area contributed by atoms with Crippen molar-refractivity contribution < 1.29 is 15.0 Å². The summed E-state index contributed by atoms with van der Waals surface area (Å²) in [4.78, 5) is 10.2. The molecule has 0 heterocycles. The first-order chi connectivity index (χ1) is 7.22. The van der Waals surface area contributed by atoms with Crippen molar-refractivity contribution in [1.82, 2.24) is 5.32 Å². The molecule has 0 aliphatic carbocycles. The van der Waals surface area contributed by atoms with Gasteiger partial charge in [0, 0.05) is 11.1 Å². The number of aromatic hydroxyl groups is 1. The quantitative estimate of drug-likeness (QED) is 0.484. The molecule has 0 aromatic heterocycles. The summed E-state index contributed by atoms with van der Waals surface area (Å²) in [5.41, 5.74) is 0.975. The fourth-order valence-electron chi connectivity index (χ4n) is 1.25. The fourth-order valence-corrected chi connectivity index (χ4v) is 1.25. The minimum absolute atomic E-state index is 0.0427. The molecular formula is C11H11NO3. The molecule has 78 valence electrons. The number of aliphatic hydroxyl groups excluding tert-OH is 1. The minimum Gasteiger partial charge on any atom is -0.508 e. The minimum atomic E-state index is -0.616. The Morgan fingerprint density at radius 2 is 2.33 bits per heavy atom. The molecule has 1 atom stereocenters. The number of nitrogens with one attached hydrogen (secondary N) is 1. The van der Waals surface area contributed by atoms with Gasteiger partial charge in [-0.25, -0.2) is 0 Å². The summed E-state index contributed by atoms with van der Waals surface area (Å²) in [6.45, 7) is -0.290. The van der Waals surface area contributed by atoms with Crippen molar-refractivity contribution in [3.8, 4) is 18.1 Å². The third kappa shape index (κ3) is 2.48. The van der Waals surface area contributed by atoms with E-state index < -0.39 is 6.04 Å². The molecule has 3 N–H and O–H groups in total. The average Bonchev–Trinajstić information content (AvgIpc) is 2.26. The first kappa shape index (κ1) is 11.1. The second-order valence-corrected chi connectivity index (χ2v) is 2.94. The molecular weight excluding hydrogens is 194 g/mol. The van der Waals surface area contributed by atoms with E-state index in [-0.39, 0.29) is 12.4 Å². The summed E-state index contributed by atoms with van der Waals surface area (Å²) in [6, 6.07) is 3.99. The number of amides is 1. The summed E-state index contributed by atoms with van der Waals surface area (Å²) < 4.78 is 0. The summed E-state index contributed by atoms with van der Waals surface area (Å²) in [5, 5.41) is 21.0. The summed E-state index contributed by atoms with van der Waals surface area (Å²) in [5.74, 6) is 2.33. The smallest absolute Gasteiger partial charge is 0.207 e. The highest BCUT2D eigenvalue weighted by Gasteiger charge is 2.13.